The van der Waals surface area contributed by atoms with E-state index in [0.717, 1.165) is 0 Å². The highest BCUT2D eigenvalue weighted by Gasteiger charge is 1.96. The van der Waals surface area contributed by atoms with Gasteiger partial charge >= 0.3 is 0 Å². The van der Waals surface area contributed by atoms with E-state index in [9.17, 15) is 8.42 Å². The second-order valence-corrected chi connectivity index (χ2v) is 2.25. The number of rotatable bonds is 2. The van der Waals surface area contributed by atoms with Gasteiger partial charge in [-0.2, -0.15) is 8.42 Å². The van der Waals surface area contributed by atoms with Crippen molar-refractivity contribution in [3.05, 3.63) is 0 Å². The lowest BCUT2D eigenvalue weighted by molar-refractivity contribution is 0.584. The predicted molar refractivity (Wildman–Crippen MR) is 25.8 cm³/mol. The van der Waals surface area contributed by atoms with E-state index in [4.69, 9.17) is 0 Å². The van der Waals surface area contributed by atoms with Gasteiger partial charge in [0.25, 0.3) is 10.2 Å². The monoisotopic (exact) mass is 123 g/mol. The zero-order valence-electron chi connectivity index (χ0n) is 3.96. The highest BCUT2D eigenvalue weighted by atomic mass is 32.2. The number of hydrogen-bond acceptors (Lipinski definition) is 2. The van der Waals surface area contributed by atoms with Crippen LogP contribution in [-0.4, -0.2) is 15.0 Å². The van der Waals surface area contributed by atoms with Crippen LogP contribution in [0.5, 0.6) is 0 Å². The fraction of sp³-hybridized carbons (Fsp3) is 1.00. The van der Waals surface area contributed by atoms with Crippen LogP contribution in [0.15, 0.2) is 0 Å². The van der Waals surface area contributed by atoms with Gasteiger partial charge in [-0.1, -0.05) is 0 Å². The highest BCUT2D eigenvalue weighted by Crippen LogP contribution is 1.65. The Morgan fingerprint density at radius 1 is 1.71 bits per heavy atom. The molecule has 0 aliphatic heterocycles. The molecule has 0 aliphatic rings. The third-order valence-electron chi connectivity index (χ3n) is 0.309. The van der Waals surface area contributed by atoms with E-state index in [-0.39, 0.29) is 6.54 Å². The largest absolute Gasteiger partial charge is 0.290 e. The molecule has 0 atom stereocenters. The van der Waals surface area contributed by atoms with Gasteiger partial charge in [0.2, 0.25) is 0 Å². The molecule has 0 amide bonds. The Morgan fingerprint density at radius 2 is 2.14 bits per heavy atom. The van der Waals surface area contributed by atoms with Crippen molar-refractivity contribution < 1.29 is 8.42 Å². The maximum Gasteiger partial charge on any atom is 0.290 e. The van der Waals surface area contributed by atoms with Crippen LogP contribution in [0.4, 0.5) is 0 Å². The first kappa shape index (κ1) is 6.87. The van der Waals surface area contributed by atoms with Crippen LogP contribution >= 0.6 is 0 Å². The molecule has 0 saturated heterocycles. The van der Waals surface area contributed by atoms with Crippen molar-refractivity contribution in [3.8, 4) is 0 Å². The summed E-state index contributed by atoms with van der Waals surface area (Å²) in [5, 5.41) is 4.45. The molecule has 43 valence electrons. The summed E-state index contributed by atoms with van der Waals surface area (Å²) in [4.78, 5) is 0. The van der Waals surface area contributed by atoms with E-state index in [1.807, 2.05) is 0 Å². The lowest BCUT2D eigenvalue weighted by atomic mass is 10.8. The molecule has 0 aromatic carbocycles. The normalized spacial score (nSPS) is 11.7. The van der Waals surface area contributed by atoms with Crippen molar-refractivity contribution in [3.63, 3.8) is 0 Å². The van der Waals surface area contributed by atoms with Crippen molar-refractivity contribution in [2.75, 3.05) is 6.54 Å². The van der Waals surface area contributed by atoms with Crippen molar-refractivity contribution in [2.24, 2.45) is 5.14 Å². The second-order valence-electron chi connectivity index (χ2n) is 0.960. The van der Waals surface area contributed by atoms with Gasteiger partial charge in [0.05, 0.1) is 0 Å². The molecular weight excluding hydrogens is 116 g/mol. The van der Waals surface area contributed by atoms with Gasteiger partial charge in [0, 0.05) is 6.54 Å². The summed E-state index contributed by atoms with van der Waals surface area (Å²) < 4.78 is 22.7. The first-order valence-corrected chi connectivity index (χ1v) is 3.28. The van der Waals surface area contributed by atoms with Crippen molar-refractivity contribution in [1.82, 2.24) is 4.72 Å². The van der Waals surface area contributed by atoms with Crippen LogP contribution in [-0.2, 0) is 10.2 Å². The molecule has 0 aromatic heterocycles. The van der Waals surface area contributed by atoms with Gasteiger partial charge in [0.1, 0.15) is 0 Å². The van der Waals surface area contributed by atoms with Gasteiger partial charge in [0.15, 0.2) is 0 Å². The summed E-state index contributed by atoms with van der Waals surface area (Å²) in [5.74, 6) is 0. The smallest absolute Gasteiger partial charge is 0.214 e. The summed E-state index contributed by atoms with van der Waals surface area (Å²) >= 11 is 0. The Labute approximate surface area is 42.9 Å². The fourth-order valence-corrected chi connectivity index (χ4v) is 0.540. The molecule has 1 radical (unpaired) electrons. The number of hydrogen-bond donors (Lipinski definition) is 1. The van der Waals surface area contributed by atoms with Gasteiger partial charge < -0.3 is 0 Å². The maximum absolute atomic E-state index is 9.84. The van der Waals surface area contributed by atoms with Crippen molar-refractivity contribution in [1.29, 1.82) is 0 Å². The van der Waals surface area contributed by atoms with Crippen molar-refractivity contribution in [2.45, 2.75) is 6.92 Å². The predicted octanol–water partition coefficient (Wildman–Crippen LogP) is -1.19. The molecule has 2 N–H and O–H groups in total. The fourth-order valence-electron chi connectivity index (χ4n) is 0.180. The lowest BCUT2D eigenvalue weighted by Crippen LogP contribution is -2.23. The van der Waals surface area contributed by atoms with Gasteiger partial charge in [-0.05, 0) is 6.92 Å². The average Bonchev–Trinajstić information content (AvgIpc) is 1.30. The molecule has 0 rings (SSSR count). The molecule has 0 spiro atoms. The van der Waals surface area contributed by atoms with E-state index in [1.54, 1.807) is 6.92 Å². The molecule has 0 fully saturated rings. The number of nitrogens with two attached hydrogens (primary N) is 1. The molecule has 0 bridgehead atoms. The molecular formula is C2H7N2O2S. The van der Waals surface area contributed by atoms with Crippen molar-refractivity contribution >= 4 is 10.2 Å². The molecule has 0 saturated carbocycles. The van der Waals surface area contributed by atoms with Crippen LogP contribution in [0.1, 0.15) is 6.92 Å². The summed E-state index contributed by atoms with van der Waals surface area (Å²) in [6.45, 7) is 1.82. The number of nitrogens with zero attached hydrogens (tertiary/aromatic N) is 1. The van der Waals surface area contributed by atoms with Gasteiger partial charge in [-0.25, -0.2) is 5.14 Å². The zero-order chi connectivity index (χ0) is 5.91. The zero-order valence-corrected chi connectivity index (χ0v) is 4.77. The summed E-state index contributed by atoms with van der Waals surface area (Å²) in [6, 6.07) is 0. The third kappa shape index (κ3) is 5.87. The summed E-state index contributed by atoms with van der Waals surface area (Å²) in [6.07, 6.45) is 0. The third-order valence-corrected chi connectivity index (χ3v) is 0.927. The first-order chi connectivity index (χ1) is 3.06. The Morgan fingerprint density at radius 3 is 2.14 bits per heavy atom. The SMILES string of the molecule is CC[N]S(N)(=O)=O. The highest BCUT2D eigenvalue weighted by molar-refractivity contribution is 7.87. The molecule has 0 aromatic rings. The van der Waals surface area contributed by atoms with E-state index < -0.39 is 10.2 Å². The molecule has 7 heavy (non-hydrogen) atoms. The van der Waals surface area contributed by atoms with Crippen LogP contribution in [0.25, 0.3) is 0 Å². The minimum atomic E-state index is -3.55. The van der Waals surface area contributed by atoms with Gasteiger partial charge in [-0.3, -0.25) is 0 Å². The molecule has 0 unspecified atom stereocenters. The van der Waals surface area contributed by atoms with Gasteiger partial charge in [-0.15, -0.1) is 4.72 Å². The quantitative estimate of drug-likeness (QED) is 0.501. The molecule has 0 heterocycles. The standard InChI is InChI=1S/C2H7N2O2S/c1-2-4-7(3,5)6/h2H2,1H3,(H2,3,5,6). The summed E-state index contributed by atoms with van der Waals surface area (Å²) in [7, 11) is -3.55. The summed E-state index contributed by atoms with van der Waals surface area (Å²) in [5.41, 5.74) is 0. The Kier molecular flexibility index (Phi) is 2.21. The minimum absolute atomic E-state index is 0.221. The van der Waals surface area contributed by atoms with Crippen LogP contribution < -0.4 is 9.86 Å². The minimum Gasteiger partial charge on any atom is -0.214 e. The topological polar surface area (TPSA) is 74.3 Å². The lowest BCUT2D eigenvalue weighted by Gasteiger charge is -1.87. The first-order valence-electron chi connectivity index (χ1n) is 1.77. The Hall–Kier alpha value is -0.130. The maximum atomic E-state index is 9.84. The second kappa shape index (κ2) is 2.25. The van der Waals surface area contributed by atoms with E-state index >= 15 is 0 Å². The van der Waals surface area contributed by atoms with E-state index in [1.165, 1.54) is 0 Å². The molecule has 4 nitrogen and oxygen atoms in total. The average molecular weight is 123 g/mol. The van der Waals surface area contributed by atoms with Crippen LogP contribution in [0.3, 0.4) is 0 Å². The Bertz CT molecular complexity index is 127. The molecule has 0 aliphatic carbocycles. The van der Waals surface area contributed by atoms with E-state index in [2.05, 4.69) is 9.86 Å². The Balaban J connectivity index is 3.60. The molecule has 5 heteroatoms. The van der Waals surface area contributed by atoms with Crippen LogP contribution in [0.2, 0.25) is 0 Å². The van der Waals surface area contributed by atoms with Crippen LogP contribution in [0, 0.1) is 0 Å². The van der Waals surface area contributed by atoms with E-state index in [0.29, 0.717) is 0 Å².